The zero-order chi connectivity index (χ0) is 21.1. The number of hydrogen-bond donors (Lipinski definition) is 2. The third kappa shape index (κ3) is 3.71. The number of hydrogen-bond acceptors (Lipinski definition) is 7. The third-order valence-corrected chi connectivity index (χ3v) is 5.13. The smallest absolute Gasteiger partial charge is 0.203 e. The number of nitrogens with zero attached hydrogens (tertiary/aromatic N) is 1. The van der Waals surface area contributed by atoms with Crippen LogP contribution in [0.25, 0.3) is 11.1 Å². The fourth-order valence-corrected chi connectivity index (χ4v) is 3.75. The number of ether oxygens (including phenoxy) is 4. The van der Waals surface area contributed by atoms with Crippen LogP contribution in [0.3, 0.4) is 0 Å². The molecule has 0 spiro atoms. The summed E-state index contributed by atoms with van der Waals surface area (Å²) in [5.41, 5.74) is 2.91. The molecule has 0 aliphatic heterocycles. The molecule has 0 aromatic heterocycles. The van der Waals surface area contributed by atoms with Crippen LogP contribution in [0.4, 0.5) is 0 Å². The summed E-state index contributed by atoms with van der Waals surface area (Å²) in [5, 5.41) is 23.9. The summed E-state index contributed by atoms with van der Waals surface area (Å²) in [7, 11) is 6.09. The zero-order valence-corrected chi connectivity index (χ0v) is 17.3. The molecule has 7 nitrogen and oxygen atoms in total. The van der Waals surface area contributed by atoms with E-state index in [2.05, 4.69) is 5.16 Å². The number of oxime groups is 1. The minimum Gasteiger partial charge on any atom is -0.495 e. The van der Waals surface area contributed by atoms with Gasteiger partial charge in [0.05, 0.1) is 33.5 Å². The number of aliphatic hydroxyl groups excluding tert-OH is 1. The highest BCUT2D eigenvalue weighted by molar-refractivity contribution is 6.36. The maximum absolute atomic E-state index is 10.5. The highest BCUT2D eigenvalue weighted by atomic mass is 35.5. The first-order chi connectivity index (χ1) is 14.0. The van der Waals surface area contributed by atoms with Gasteiger partial charge in [0.25, 0.3) is 0 Å². The zero-order valence-electron chi connectivity index (χ0n) is 16.5. The van der Waals surface area contributed by atoms with Crippen LogP contribution in [0.2, 0.25) is 5.02 Å². The normalized spacial score (nSPS) is 17.6. The standard InChI is InChI=1S/C21H22ClNO6/c1-26-16-6-5-11(7-14(16)22)13-10-15(24)20(23-25)19(13)12-8-17(27-2)21(29-4)18(9-12)28-3/h5-9,15,24-25H,10H2,1-4H3/b23-20-. The maximum atomic E-state index is 10.5. The number of aliphatic hydroxyl groups is 1. The highest BCUT2D eigenvalue weighted by Gasteiger charge is 2.33. The average Bonchev–Trinajstić information content (AvgIpc) is 3.08. The molecule has 1 aliphatic rings. The van der Waals surface area contributed by atoms with Crippen molar-refractivity contribution < 1.29 is 29.3 Å². The van der Waals surface area contributed by atoms with E-state index in [4.69, 9.17) is 30.5 Å². The second kappa shape index (κ2) is 8.63. The van der Waals surface area contributed by atoms with Gasteiger partial charge < -0.3 is 29.3 Å². The number of benzene rings is 2. The van der Waals surface area contributed by atoms with Crippen LogP contribution >= 0.6 is 11.6 Å². The second-order valence-corrected chi connectivity index (χ2v) is 6.73. The Labute approximate surface area is 173 Å². The summed E-state index contributed by atoms with van der Waals surface area (Å²) in [5.74, 6) is 1.87. The molecule has 2 aromatic rings. The van der Waals surface area contributed by atoms with E-state index in [0.29, 0.717) is 39.2 Å². The fourth-order valence-electron chi connectivity index (χ4n) is 3.49. The lowest BCUT2D eigenvalue weighted by molar-refractivity contribution is 0.240. The number of halogens is 1. The van der Waals surface area contributed by atoms with Gasteiger partial charge in [-0.05, 0) is 41.0 Å². The Morgan fingerprint density at radius 3 is 2.00 bits per heavy atom. The minimum atomic E-state index is -0.968. The molecule has 29 heavy (non-hydrogen) atoms. The molecule has 1 atom stereocenters. The lowest BCUT2D eigenvalue weighted by Crippen LogP contribution is -2.15. The minimum absolute atomic E-state index is 0.154. The van der Waals surface area contributed by atoms with Gasteiger partial charge in [-0.2, -0.15) is 0 Å². The topological polar surface area (TPSA) is 89.7 Å². The van der Waals surface area contributed by atoms with Crippen molar-refractivity contribution >= 4 is 28.5 Å². The number of rotatable bonds is 6. The lowest BCUT2D eigenvalue weighted by Gasteiger charge is -2.16. The molecular weight excluding hydrogens is 398 g/mol. The summed E-state index contributed by atoms with van der Waals surface area (Å²) >= 11 is 6.30. The SMILES string of the molecule is COc1ccc(C2=C(c3cc(OC)c(OC)c(OC)c3)/C(=N\O)C(O)C2)cc1Cl. The quantitative estimate of drug-likeness (QED) is 0.545. The molecular formula is C21H22ClNO6. The summed E-state index contributed by atoms with van der Waals surface area (Å²) < 4.78 is 21.5. The summed E-state index contributed by atoms with van der Waals surface area (Å²) in [6.07, 6.45) is -0.710. The monoisotopic (exact) mass is 419 g/mol. The van der Waals surface area contributed by atoms with Gasteiger partial charge in [-0.1, -0.05) is 22.8 Å². The van der Waals surface area contributed by atoms with E-state index in [9.17, 15) is 10.3 Å². The summed E-state index contributed by atoms with van der Waals surface area (Å²) in [6.45, 7) is 0. The van der Waals surface area contributed by atoms with Crippen LogP contribution in [-0.4, -0.2) is 50.6 Å². The first-order valence-electron chi connectivity index (χ1n) is 8.76. The van der Waals surface area contributed by atoms with Crippen molar-refractivity contribution in [3.63, 3.8) is 0 Å². The van der Waals surface area contributed by atoms with Crippen LogP contribution in [0, 0.1) is 0 Å². The van der Waals surface area contributed by atoms with Crippen molar-refractivity contribution in [2.45, 2.75) is 12.5 Å². The van der Waals surface area contributed by atoms with E-state index in [0.717, 1.165) is 11.1 Å². The predicted octanol–water partition coefficient (Wildman–Crippen LogP) is 3.88. The molecule has 0 saturated heterocycles. The van der Waals surface area contributed by atoms with Gasteiger partial charge in [0.2, 0.25) is 5.75 Å². The molecule has 0 amide bonds. The van der Waals surface area contributed by atoms with Crippen molar-refractivity contribution in [3.05, 3.63) is 46.5 Å². The van der Waals surface area contributed by atoms with Crippen LogP contribution in [0.5, 0.6) is 23.0 Å². The van der Waals surface area contributed by atoms with Crippen LogP contribution in [0.1, 0.15) is 17.5 Å². The Kier molecular flexibility index (Phi) is 6.20. The van der Waals surface area contributed by atoms with Crippen molar-refractivity contribution in [3.8, 4) is 23.0 Å². The van der Waals surface area contributed by atoms with E-state index in [1.165, 1.54) is 28.4 Å². The Balaban J connectivity index is 2.27. The van der Waals surface area contributed by atoms with E-state index in [-0.39, 0.29) is 12.1 Å². The third-order valence-electron chi connectivity index (χ3n) is 4.83. The van der Waals surface area contributed by atoms with Gasteiger partial charge in [-0.25, -0.2) is 0 Å². The molecule has 2 N–H and O–H groups in total. The molecule has 1 aliphatic carbocycles. The number of methoxy groups -OCH3 is 4. The Bertz CT molecular complexity index is 960. The van der Waals surface area contributed by atoms with E-state index >= 15 is 0 Å². The summed E-state index contributed by atoms with van der Waals surface area (Å²) in [6, 6.07) is 8.82. The molecule has 3 rings (SSSR count). The van der Waals surface area contributed by atoms with E-state index < -0.39 is 6.10 Å². The van der Waals surface area contributed by atoms with Crippen molar-refractivity contribution in [1.29, 1.82) is 0 Å². The van der Waals surface area contributed by atoms with E-state index in [1.807, 2.05) is 6.07 Å². The fraction of sp³-hybridized carbons (Fsp3) is 0.286. The Hall–Kier alpha value is -2.90. The first-order valence-corrected chi connectivity index (χ1v) is 9.14. The van der Waals surface area contributed by atoms with E-state index in [1.54, 1.807) is 24.3 Å². The van der Waals surface area contributed by atoms with Crippen LogP contribution in [0.15, 0.2) is 35.5 Å². The molecule has 0 fully saturated rings. The van der Waals surface area contributed by atoms with Crippen molar-refractivity contribution in [1.82, 2.24) is 0 Å². The van der Waals surface area contributed by atoms with Gasteiger partial charge in [-0.3, -0.25) is 0 Å². The first kappa shape index (κ1) is 20.8. The molecule has 2 aromatic carbocycles. The molecule has 8 heteroatoms. The van der Waals surface area contributed by atoms with Gasteiger partial charge in [0.1, 0.15) is 17.6 Å². The molecule has 0 heterocycles. The molecule has 154 valence electrons. The van der Waals surface area contributed by atoms with Gasteiger partial charge in [-0.15, -0.1) is 0 Å². The van der Waals surface area contributed by atoms with Crippen molar-refractivity contribution in [2.24, 2.45) is 5.16 Å². The largest absolute Gasteiger partial charge is 0.495 e. The second-order valence-electron chi connectivity index (χ2n) is 6.32. The van der Waals surface area contributed by atoms with Gasteiger partial charge >= 0.3 is 0 Å². The maximum Gasteiger partial charge on any atom is 0.203 e. The highest BCUT2D eigenvalue weighted by Crippen LogP contribution is 2.45. The van der Waals surface area contributed by atoms with Crippen LogP contribution < -0.4 is 18.9 Å². The van der Waals surface area contributed by atoms with Gasteiger partial charge in [0.15, 0.2) is 11.5 Å². The Morgan fingerprint density at radius 2 is 1.52 bits per heavy atom. The molecule has 0 saturated carbocycles. The predicted molar refractivity (Wildman–Crippen MR) is 111 cm³/mol. The Morgan fingerprint density at radius 1 is 0.897 bits per heavy atom. The molecule has 0 radical (unpaired) electrons. The molecule has 1 unspecified atom stereocenters. The average molecular weight is 420 g/mol. The lowest BCUT2D eigenvalue weighted by atomic mass is 9.95. The molecule has 0 bridgehead atoms. The summed E-state index contributed by atoms with van der Waals surface area (Å²) in [4.78, 5) is 0. The van der Waals surface area contributed by atoms with Gasteiger partial charge in [0, 0.05) is 12.0 Å². The van der Waals surface area contributed by atoms with Crippen molar-refractivity contribution in [2.75, 3.05) is 28.4 Å². The van der Waals surface area contributed by atoms with Crippen LogP contribution in [-0.2, 0) is 0 Å².